The van der Waals surface area contributed by atoms with Crippen LogP contribution in [0.1, 0.15) is 15.9 Å². The molecule has 18 heavy (non-hydrogen) atoms. The third kappa shape index (κ3) is 2.65. The lowest BCUT2D eigenvalue weighted by Gasteiger charge is -2.08. The van der Waals surface area contributed by atoms with Crippen molar-refractivity contribution in [2.24, 2.45) is 0 Å². The van der Waals surface area contributed by atoms with Gasteiger partial charge in [-0.25, -0.2) is 4.79 Å². The van der Waals surface area contributed by atoms with Gasteiger partial charge in [0.2, 0.25) is 0 Å². The lowest BCUT2D eigenvalue weighted by Crippen LogP contribution is -2.00. The highest BCUT2D eigenvalue weighted by Gasteiger charge is 2.12. The third-order valence-electron chi connectivity index (χ3n) is 2.55. The van der Waals surface area contributed by atoms with Gasteiger partial charge in [0.05, 0.1) is 5.56 Å². The van der Waals surface area contributed by atoms with E-state index in [2.05, 4.69) is 0 Å². The van der Waals surface area contributed by atoms with Crippen LogP contribution < -0.4 is 5.73 Å². The topological polar surface area (TPSA) is 63.3 Å². The van der Waals surface area contributed by atoms with Crippen molar-refractivity contribution in [3.05, 3.63) is 53.6 Å². The minimum atomic E-state index is -0.939. The Morgan fingerprint density at radius 2 is 1.89 bits per heavy atom. The average Bonchev–Trinajstić information content (AvgIpc) is 2.32. The van der Waals surface area contributed by atoms with Gasteiger partial charge in [0.1, 0.15) is 0 Å². The molecule has 0 saturated carbocycles. The van der Waals surface area contributed by atoms with Gasteiger partial charge in [-0.2, -0.15) is 0 Å². The number of aryl methyl sites for hydroxylation is 1. The van der Waals surface area contributed by atoms with E-state index in [9.17, 15) is 4.79 Å². The van der Waals surface area contributed by atoms with Crippen molar-refractivity contribution in [1.29, 1.82) is 0 Å². The summed E-state index contributed by atoms with van der Waals surface area (Å²) in [6, 6.07) is 12.7. The SMILES string of the molecule is Cc1ccccc1Sc1cc(N)ccc1C(=O)O. The van der Waals surface area contributed by atoms with Gasteiger partial charge in [0, 0.05) is 15.5 Å². The van der Waals surface area contributed by atoms with Crippen molar-refractivity contribution < 1.29 is 9.90 Å². The molecule has 2 rings (SSSR count). The smallest absolute Gasteiger partial charge is 0.336 e. The molecule has 2 aromatic carbocycles. The van der Waals surface area contributed by atoms with Crippen LogP contribution in [0.3, 0.4) is 0 Å². The molecule has 0 fully saturated rings. The van der Waals surface area contributed by atoms with Gasteiger partial charge < -0.3 is 10.8 Å². The van der Waals surface area contributed by atoms with Crippen LogP contribution in [0.25, 0.3) is 0 Å². The molecule has 3 N–H and O–H groups in total. The molecule has 0 heterocycles. The van der Waals surface area contributed by atoms with E-state index in [0.717, 1.165) is 10.5 Å². The zero-order valence-electron chi connectivity index (χ0n) is 9.88. The van der Waals surface area contributed by atoms with Gasteiger partial charge >= 0.3 is 5.97 Å². The fourth-order valence-electron chi connectivity index (χ4n) is 1.59. The van der Waals surface area contributed by atoms with Crippen LogP contribution in [-0.2, 0) is 0 Å². The summed E-state index contributed by atoms with van der Waals surface area (Å²) in [5, 5.41) is 9.15. The number of carbonyl (C=O) groups is 1. The highest BCUT2D eigenvalue weighted by atomic mass is 32.2. The number of carboxylic acid groups (broad SMARTS) is 1. The van der Waals surface area contributed by atoms with E-state index in [-0.39, 0.29) is 5.56 Å². The number of nitrogens with two attached hydrogens (primary N) is 1. The molecule has 0 spiro atoms. The molecule has 0 bridgehead atoms. The molecule has 92 valence electrons. The van der Waals surface area contributed by atoms with Crippen LogP contribution in [0.15, 0.2) is 52.3 Å². The first-order valence-electron chi connectivity index (χ1n) is 5.44. The molecular formula is C14H13NO2S. The summed E-state index contributed by atoms with van der Waals surface area (Å²) in [6.07, 6.45) is 0. The van der Waals surface area contributed by atoms with Crippen LogP contribution in [0.4, 0.5) is 5.69 Å². The van der Waals surface area contributed by atoms with E-state index >= 15 is 0 Å². The van der Waals surface area contributed by atoms with Crippen LogP contribution in [0.5, 0.6) is 0 Å². The summed E-state index contributed by atoms with van der Waals surface area (Å²) in [5.41, 5.74) is 7.67. The molecule has 0 atom stereocenters. The summed E-state index contributed by atoms with van der Waals surface area (Å²) in [6.45, 7) is 2.00. The van der Waals surface area contributed by atoms with Gasteiger partial charge in [-0.15, -0.1) is 0 Å². The number of aromatic carboxylic acids is 1. The average molecular weight is 259 g/mol. The number of rotatable bonds is 3. The van der Waals surface area contributed by atoms with E-state index in [1.165, 1.54) is 17.8 Å². The zero-order chi connectivity index (χ0) is 13.1. The first-order valence-corrected chi connectivity index (χ1v) is 6.26. The molecular weight excluding hydrogens is 246 g/mol. The second-order valence-electron chi connectivity index (χ2n) is 3.93. The summed E-state index contributed by atoms with van der Waals surface area (Å²) >= 11 is 1.42. The van der Waals surface area contributed by atoms with Gasteiger partial charge in [-0.3, -0.25) is 0 Å². The minimum absolute atomic E-state index is 0.275. The van der Waals surface area contributed by atoms with Crippen molar-refractivity contribution in [3.63, 3.8) is 0 Å². The zero-order valence-corrected chi connectivity index (χ0v) is 10.7. The number of nitrogen functional groups attached to an aromatic ring is 1. The molecule has 0 amide bonds. The van der Waals surface area contributed by atoms with Gasteiger partial charge in [0.25, 0.3) is 0 Å². The second kappa shape index (κ2) is 5.14. The standard InChI is InChI=1S/C14H13NO2S/c1-9-4-2-3-5-12(9)18-13-8-10(15)6-7-11(13)14(16)17/h2-8H,15H2,1H3,(H,16,17). The summed E-state index contributed by atoms with van der Waals surface area (Å²) in [5.74, 6) is -0.939. The van der Waals surface area contributed by atoms with E-state index in [1.807, 2.05) is 31.2 Å². The predicted molar refractivity (Wildman–Crippen MR) is 73.1 cm³/mol. The number of carboxylic acids is 1. The number of hydrogen-bond donors (Lipinski definition) is 2. The second-order valence-corrected chi connectivity index (χ2v) is 5.01. The summed E-state index contributed by atoms with van der Waals surface area (Å²) in [7, 11) is 0. The largest absolute Gasteiger partial charge is 0.478 e. The van der Waals surface area contributed by atoms with Crippen LogP contribution in [0.2, 0.25) is 0 Å². The van der Waals surface area contributed by atoms with E-state index < -0.39 is 5.97 Å². The Morgan fingerprint density at radius 3 is 2.56 bits per heavy atom. The molecule has 4 heteroatoms. The molecule has 0 aliphatic rings. The molecule has 0 radical (unpaired) electrons. The van der Waals surface area contributed by atoms with Gasteiger partial charge in [0.15, 0.2) is 0 Å². The first-order chi connectivity index (χ1) is 8.58. The first kappa shape index (κ1) is 12.5. The van der Waals surface area contributed by atoms with Crippen LogP contribution in [0, 0.1) is 6.92 Å². The van der Waals surface area contributed by atoms with Crippen LogP contribution in [-0.4, -0.2) is 11.1 Å². The predicted octanol–water partition coefficient (Wildman–Crippen LogP) is 3.43. The van der Waals surface area contributed by atoms with Crippen LogP contribution >= 0.6 is 11.8 Å². The van der Waals surface area contributed by atoms with Gasteiger partial charge in [-0.1, -0.05) is 30.0 Å². The Labute approximate surface area is 110 Å². The molecule has 0 aromatic heterocycles. The molecule has 2 aromatic rings. The lowest BCUT2D eigenvalue weighted by molar-refractivity contribution is 0.0693. The number of hydrogen-bond acceptors (Lipinski definition) is 3. The fraction of sp³-hybridized carbons (Fsp3) is 0.0714. The van der Waals surface area contributed by atoms with Crippen molar-refractivity contribution in [3.8, 4) is 0 Å². The van der Waals surface area contributed by atoms with E-state index in [1.54, 1.807) is 12.1 Å². The normalized spacial score (nSPS) is 10.3. The maximum atomic E-state index is 11.2. The maximum Gasteiger partial charge on any atom is 0.336 e. The summed E-state index contributed by atoms with van der Waals surface area (Å²) in [4.78, 5) is 12.9. The Morgan fingerprint density at radius 1 is 1.17 bits per heavy atom. The third-order valence-corrected chi connectivity index (χ3v) is 3.79. The van der Waals surface area contributed by atoms with Crippen molar-refractivity contribution in [2.75, 3.05) is 5.73 Å². The summed E-state index contributed by atoms with van der Waals surface area (Å²) < 4.78 is 0. The van der Waals surface area contributed by atoms with E-state index in [0.29, 0.717) is 10.6 Å². The lowest BCUT2D eigenvalue weighted by atomic mass is 10.2. The fourth-order valence-corrected chi connectivity index (χ4v) is 2.66. The molecule has 0 aliphatic carbocycles. The van der Waals surface area contributed by atoms with Crippen molar-refractivity contribution >= 4 is 23.4 Å². The Hall–Kier alpha value is -1.94. The molecule has 0 saturated heterocycles. The highest BCUT2D eigenvalue weighted by molar-refractivity contribution is 7.99. The Balaban J connectivity index is 2.42. The number of benzene rings is 2. The monoisotopic (exact) mass is 259 g/mol. The maximum absolute atomic E-state index is 11.2. The Kier molecular flexibility index (Phi) is 3.58. The Bertz CT molecular complexity index is 596. The van der Waals surface area contributed by atoms with Crippen molar-refractivity contribution in [2.45, 2.75) is 16.7 Å². The number of anilines is 1. The highest BCUT2D eigenvalue weighted by Crippen LogP contribution is 2.33. The van der Waals surface area contributed by atoms with Gasteiger partial charge in [-0.05, 0) is 36.8 Å². The van der Waals surface area contributed by atoms with E-state index in [4.69, 9.17) is 10.8 Å². The molecule has 0 aliphatic heterocycles. The quantitative estimate of drug-likeness (QED) is 0.829. The van der Waals surface area contributed by atoms with Crippen molar-refractivity contribution in [1.82, 2.24) is 0 Å². The minimum Gasteiger partial charge on any atom is -0.478 e. The molecule has 0 unspecified atom stereocenters. The molecule has 3 nitrogen and oxygen atoms in total.